The number of aryl methyl sites for hydroxylation is 1. The number of fused-ring (bicyclic) bond motifs is 1. The Kier molecular flexibility index (Phi) is 3.24. The monoisotopic (exact) mass is 322 g/mol. The molecule has 0 bridgehead atoms. The number of rotatable bonds is 3. The van der Waals surface area contributed by atoms with Gasteiger partial charge in [0.15, 0.2) is 0 Å². The average molecular weight is 322 g/mol. The Morgan fingerprint density at radius 1 is 1.26 bits per heavy atom. The van der Waals surface area contributed by atoms with Crippen molar-refractivity contribution in [3.05, 3.63) is 59.7 Å². The van der Waals surface area contributed by atoms with Crippen molar-refractivity contribution in [1.29, 1.82) is 0 Å². The van der Waals surface area contributed by atoms with Crippen molar-refractivity contribution in [2.24, 2.45) is 7.05 Å². The molecule has 3 heterocycles. The SMILES string of the molecule is Cn1nc(-c2cccs2)cc1C(=O)Nc1cccc2[nH]ccc12. The first-order valence-electron chi connectivity index (χ1n) is 7.18. The highest BCUT2D eigenvalue weighted by molar-refractivity contribution is 7.13. The lowest BCUT2D eigenvalue weighted by Crippen LogP contribution is -2.16. The lowest BCUT2D eigenvalue weighted by atomic mass is 10.2. The molecule has 2 N–H and O–H groups in total. The van der Waals surface area contributed by atoms with E-state index >= 15 is 0 Å². The van der Waals surface area contributed by atoms with Crippen LogP contribution in [0.1, 0.15) is 10.5 Å². The Balaban J connectivity index is 1.66. The molecule has 3 aromatic heterocycles. The molecule has 5 nitrogen and oxygen atoms in total. The first-order chi connectivity index (χ1) is 11.2. The number of H-pyrrole nitrogens is 1. The summed E-state index contributed by atoms with van der Waals surface area (Å²) in [5, 5.41) is 10.4. The zero-order valence-corrected chi connectivity index (χ0v) is 13.2. The predicted molar refractivity (Wildman–Crippen MR) is 92.8 cm³/mol. The Morgan fingerprint density at radius 3 is 3.00 bits per heavy atom. The highest BCUT2D eigenvalue weighted by Crippen LogP contribution is 2.25. The van der Waals surface area contributed by atoms with Gasteiger partial charge in [-0.15, -0.1) is 11.3 Å². The molecule has 1 amide bonds. The van der Waals surface area contributed by atoms with E-state index in [1.165, 1.54) is 0 Å². The van der Waals surface area contributed by atoms with Gasteiger partial charge in [0.2, 0.25) is 0 Å². The standard InChI is InChI=1S/C17H14N4OS/c1-21-15(10-14(20-21)16-6-3-9-23-16)17(22)19-13-5-2-4-12-11(13)7-8-18-12/h2-10,18H,1H3,(H,19,22). The molecule has 0 spiro atoms. The number of hydrogen-bond donors (Lipinski definition) is 2. The third-order valence-electron chi connectivity index (χ3n) is 3.73. The maximum Gasteiger partial charge on any atom is 0.273 e. The summed E-state index contributed by atoms with van der Waals surface area (Å²) in [6.07, 6.45) is 1.86. The van der Waals surface area contributed by atoms with Gasteiger partial charge in [0.1, 0.15) is 11.4 Å². The number of aromatic nitrogens is 3. The number of carbonyl (C=O) groups is 1. The normalized spacial score (nSPS) is 11.0. The van der Waals surface area contributed by atoms with Gasteiger partial charge in [-0.1, -0.05) is 12.1 Å². The fourth-order valence-electron chi connectivity index (χ4n) is 2.61. The van der Waals surface area contributed by atoms with Crippen LogP contribution in [-0.2, 0) is 7.05 Å². The number of nitrogens with zero attached hydrogens (tertiary/aromatic N) is 2. The quantitative estimate of drug-likeness (QED) is 0.601. The van der Waals surface area contributed by atoms with Gasteiger partial charge in [-0.2, -0.15) is 5.10 Å². The molecule has 4 aromatic rings. The summed E-state index contributed by atoms with van der Waals surface area (Å²) in [5.41, 5.74) is 3.12. The largest absolute Gasteiger partial charge is 0.361 e. The van der Waals surface area contributed by atoms with Crippen molar-refractivity contribution in [2.75, 3.05) is 5.32 Å². The number of nitrogens with one attached hydrogen (secondary N) is 2. The molecule has 0 atom stereocenters. The van der Waals surface area contributed by atoms with Gasteiger partial charge >= 0.3 is 0 Å². The summed E-state index contributed by atoms with van der Waals surface area (Å²) >= 11 is 1.61. The van der Waals surface area contributed by atoms with Crippen LogP contribution in [0.4, 0.5) is 5.69 Å². The lowest BCUT2D eigenvalue weighted by Gasteiger charge is -2.06. The van der Waals surface area contributed by atoms with E-state index < -0.39 is 0 Å². The topological polar surface area (TPSA) is 62.7 Å². The third-order valence-corrected chi connectivity index (χ3v) is 4.62. The molecule has 0 aliphatic heterocycles. The van der Waals surface area contributed by atoms with E-state index in [-0.39, 0.29) is 5.91 Å². The second-order valence-corrected chi connectivity index (χ2v) is 6.16. The van der Waals surface area contributed by atoms with Gasteiger partial charge in [-0.05, 0) is 35.7 Å². The number of amides is 1. The van der Waals surface area contributed by atoms with Gasteiger partial charge in [-0.3, -0.25) is 9.48 Å². The average Bonchev–Trinajstić information content (AvgIpc) is 3.27. The van der Waals surface area contributed by atoms with Crippen LogP contribution in [-0.4, -0.2) is 20.7 Å². The van der Waals surface area contributed by atoms with Gasteiger partial charge in [0.25, 0.3) is 5.91 Å². The number of thiophene rings is 1. The summed E-state index contributed by atoms with van der Waals surface area (Å²) in [7, 11) is 1.78. The molecule has 0 radical (unpaired) electrons. The molecule has 0 unspecified atom stereocenters. The van der Waals surface area contributed by atoms with E-state index in [1.807, 2.05) is 54.0 Å². The molecule has 0 saturated carbocycles. The zero-order chi connectivity index (χ0) is 15.8. The van der Waals surface area contributed by atoms with E-state index in [0.717, 1.165) is 27.2 Å². The molecule has 23 heavy (non-hydrogen) atoms. The van der Waals surface area contributed by atoms with E-state index in [1.54, 1.807) is 23.1 Å². The number of benzene rings is 1. The maximum absolute atomic E-state index is 12.6. The summed E-state index contributed by atoms with van der Waals surface area (Å²) in [5.74, 6) is -0.170. The van der Waals surface area contributed by atoms with Crippen LogP contribution in [0.25, 0.3) is 21.5 Å². The predicted octanol–water partition coefficient (Wildman–Crippen LogP) is 3.88. The van der Waals surface area contributed by atoms with Crippen LogP contribution >= 0.6 is 11.3 Å². The lowest BCUT2D eigenvalue weighted by molar-refractivity contribution is 0.101. The summed E-state index contributed by atoms with van der Waals surface area (Å²) in [6, 6.07) is 13.5. The van der Waals surface area contributed by atoms with E-state index in [4.69, 9.17) is 0 Å². The molecule has 0 aliphatic carbocycles. The van der Waals surface area contributed by atoms with Crippen LogP contribution in [0.5, 0.6) is 0 Å². The molecular weight excluding hydrogens is 308 g/mol. The smallest absolute Gasteiger partial charge is 0.273 e. The number of hydrogen-bond acceptors (Lipinski definition) is 3. The Labute approximate surface area is 136 Å². The van der Waals surface area contributed by atoms with Crippen molar-refractivity contribution in [2.45, 2.75) is 0 Å². The fourth-order valence-corrected chi connectivity index (χ4v) is 3.29. The van der Waals surface area contributed by atoms with Gasteiger partial charge in [0.05, 0.1) is 10.6 Å². The molecule has 0 aliphatic rings. The van der Waals surface area contributed by atoms with E-state index in [2.05, 4.69) is 15.4 Å². The Hall–Kier alpha value is -2.86. The molecule has 1 aromatic carbocycles. The Morgan fingerprint density at radius 2 is 2.17 bits per heavy atom. The van der Waals surface area contributed by atoms with Crippen molar-refractivity contribution in [3.63, 3.8) is 0 Å². The van der Waals surface area contributed by atoms with Crippen LogP contribution in [0.15, 0.2) is 54.0 Å². The second-order valence-electron chi connectivity index (χ2n) is 5.21. The summed E-state index contributed by atoms with van der Waals surface area (Å²) in [6.45, 7) is 0. The minimum Gasteiger partial charge on any atom is -0.361 e. The van der Waals surface area contributed by atoms with Crippen LogP contribution in [0.2, 0.25) is 0 Å². The van der Waals surface area contributed by atoms with Crippen molar-refractivity contribution in [1.82, 2.24) is 14.8 Å². The molecule has 0 saturated heterocycles. The maximum atomic E-state index is 12.6. The van der Waals surface area contributed by atoms with Crippen LogP contribution < -0.4 is 5.32 Å². The van der Waals surface area contributed by atoms with Crippen LogP contribution in [0.3, 0.4) is 0 Å². The number of anilines is 1. The van der Waals surface area contributed by atoms with E-state index in [9.17, 15) is 4.79 Å². The minimum absolute atomic E-state index is 0.170. The van der Waals surface area contributed by atoms with Crippen molar-refractivity contribution in [3.8, 4) is 10.6 Å². The van der Waals surface area contributed by atoms with E-state index in [0.29, 0.717) is 5.69 Å². The second kappa shape index (κ2) is 5.40. The number of aromatic amines is 1. The van der Waals surface area contributed by atoms with Crippen molar-refractivity contribution >= 4 is 33.8 Å². The highest BCUT2D eigenvalue weighted by Gasteiger charge is 2.16. The zero-order valence-electron chi connectivity index (χ0n) is 12.4. The highest BCUT2D eigenvalue weighted by atomic mass is 32.1. The minimum atomic E-state index is -0.170. The summed E-state index contributed by atoms with van der Waals surface area (Å²) in [4.78, 5) is 16.8. The van der Waals surface area contributed by atoms with Crippen LogP contribution in [0, 0.1) is 0 Å². The summed E-state index contributed by atoms with van der Waals surface area (Å²) < 4.78 is 1.61. The molecule has 4 rings (SSSR count). The van der Waals surface area contributed by atoms with Gasteiger partial charge in [-0.25, -0.2) is 0 Å². The fraction of sp³-hybridized carbons (Fsp3) is 0.0588. The first kappa shape index (κ1) is 13.8. The van der Waals surface area contributed by atoms with Crippen molar-refractivity contribution < 1.29 is 4.79 Å². The number of carbonyl (C=O) groups excluding carboxylic acids is 1. The molecule has 0 fully saturated rings. The Bertz CT molecular complexity index is 981. The molecule has 114 valence electrons. The van der Waals surface area contributed by atoms with Gasteiger partial charge in [0, 0.05) is 24.1 Å². The third kappa shape index (κ3) is 2.43. The first-order valence-corrected chi connectivity index (χ1v) is 8.06. The molecule has 6 heteroatoms. The molecular formula is C17H14N4OS. The van der Waals surface area contributed by atoms with Gasteiger partial charge < -0.3 is 10.3 Å².